The van der Waals surface area contributed by atoms with Crippen molar-refractivity contribution in [2.24, 2.45) is 7.05 Å². The number of carbonyl (C=O) groups is 2. The van der Waals surface area contributed by atoms with Gasteiger partial charge < -0.3 is 25.4 Å². The average molecular weight is 488 g/mol. The van der Waals surface area contributed by atoms with Crippen molar-refractivity contribution in [1.82, 2.24) is 34.7 Å². The minimum atomic E-state index is -0.417. The first-order valence-corrected chi connectivity index (χ1v) is 11.4. The lowest BCUT2D eigenvalue weighted by Crippen LogP contribution is -2.36. The van der Waals surface area contributed by atoms with Gasteiger partial charge in [0.25, 0.3) is 11.8 Å². The molecule has 0 saturated carbocycles. The molecule has 0 spiro atoms. The van der Waals surface area contributed by atoms with Crippen LogP contribution in [-0.2, 0) is 13.6 Å². The number of nitrogen functional groups attached to an aromatic ring is 1. The number of rotatable bonds is 8. The van der Waals surface area contributed by atoms with E-state index in [9.17, 15) is 9.59 Å². The van der Waals surface area contributed by atoms with Crippen LogP contribution in [0.4, 0.5) is 11.6 Å². The van der Waals surface area contributed by atoms with Gasteiger partial charge in [0.1, 0.15) is 11.5 Å². The number of imidazole rings is 1. The molecule has 186 valence electrons. The van der Waals surface area contributed by atoms with E-state index in [-0.39, 0.29) is 24.0 Å². The second kappa shape index (κ2) is 10.4. The zero-order valence-corrected chi connectivity index (χ0v) is 20.8. The van der Waals surface area contributed by atoms with Crippen molar-refractivity contribution >= 4 is 34.4 Å². The van der Waals surface area contributed by atoms with Crippen LogP contribution in [0.5, 0.6) is 0 Å². The molecule has 0 aliphatic rings. The normalized spacial score (nSPS) is 10.9. The number of aromatic nitrogens is 5. The topological polar surface area (TPSA) is 135 Å². The van der Waals surface area contributed by atoms with Crippen molar-refractivity contribution < 1.29 is 9.59 Å². The molecule has 11 heteroatoms. The van der Waals surface area contributed by atoms with E-state index < -0.39 is 5.91 Å². The van der Waals surface area contributed by atoms with Crippen LogP contribution in [-0.4, -0.2) is 68.4 Å². The van der Waals surface area contributed by atoms with Crippen LogP contribution in [0.3, 0.4) is 0 Å². The molecule has 0 fully saturated rings. The first kappa shape index (κ1) is 24.6. The molecule has 0 bridgehead atoms. The van der Waals surface area contributed by atoms with Crippen LogP contribution < -0.4 is 16.0 Å². The summed E-state index contributed by atoms with van der Waals surface area (Å²) in [6, 6.07) is 8.00. The van der Waals surface area contributed by atoms with Crippen LogP contribution in [0.15, 0.2) is 49.2 Å². The van der Waals surface area contributed by atoms with Crippen molar-refractivity contribution in [2.75, 3.05) is 37.8 Å². The van der Waals surface area contributed by atoms with Gasteiger partial charge >= 0.3 is 0 Å². The fourth-order valence-electron chi connectivity index (χ4n) is 3.89. The Labute approximate surface area is 209 Å². The maximum atomic E-state index is 12.8. The molecule has 2 amide bonds. The first-order valence-electron chi connectivity index (χ1n) is 11.4. The standard InChI is InChI=1S/C25H29N9O2/c1-16-6-5-7-17-12-18(13-30-24(35)21-22(26)29-9-8-28-21)23(31-20(16)17)32(2)10-11-33(3)25(36)19-14-27-15-34(19)4/h5-9,12,14-15H,10-11,13H2,1-4H3,(H2,26,29)(H,30,35). The summed E-state index contributed by atoms with van der Waals surface area (Å²) in [5, 5.41) is 3.85. The van der Waals surface area contributed by atoms with Crippen LogP contribution >= 0.6 is 0 Å². The Morgan fingerprint density at radius 3 is 2.64 bits per heavy atom. The Balaban J connectivity index is 1.55. The van der Waals surface area contributed by atoms with E-state index in [1.165, 1.54) is 12.4 Å². The lowest BCUT2D eigenvalue weighted by atomic mass is 10.1. The minimum absolute atomic E-state index is 0.0701. The van der Waals surface area contributed by atoms with Gasteiger partial charge in [0.15, 0.2) is 11.5 Å². The Morgan fingerprint density at radius 1 is 1.14 bits per heavy atom. The van der Waals surface area contributed by atoms with E-state index in [1.807, 2.05) is 43.1 Å². The highest BCUT2D eigenvalue weighted by Gasteiger charge is 2.19. The number of para-hydroxylation sites is 1. The monoisotopic (exact) mass is 487 g/mol. The van der Waals surface area contributed by atoms with Crippen LogP contribution in [0.25, 0.3) is 10.9 Å². The van der Waals surface area contributed by atoms with E-state index in [2.05, 4.69) is 20.3 Å². The van der Waals surface area contributed by atoms with E-state index in [0.29, 0.717) is 24.6 Å². The number of likely N-dealkylation sites (N-methyl/N-ethyl adjacent to an activating group) is 2. The number of aryl methyl sites for hydroxylation is 2. The quantitative estimate of drug-likeness (QED) is 0.384. The molecule has 0 aliphatic heterocycles. The lowest BCUT2D eigenvalue weighted by molar-refractivity contribution is 0.0789. The smallest absolute Gasteiger partial charge is 0.273 e. The molecule has 0 saturated heterocycles. The second-order valence-corrected chi connectivity index (χ2v) is 8.63. The third-order valence-electron chi connectivity index (χ3n) is 6.00. The SMILES string of the molecule is Cc1cccc2cc(CNC(=O)c3nccnc3N)c(N(C)CCN(C)C(=O)c3cncn3C)nc12. The lowest BCUT2D eigenvalue weighted by Gasteiger charge is -2.25. The maximum Gasteiger partial charge on any atom is 0.273 e. The second-order valence-electron chi connectivity index (χ2n) is 8.63. The summed E-state index contributed by atoms with van der Waals surface area (Å²) in [5.74, 6) is 0.256. The van der Waals surface area contributed by atoms with Crippen molar-refractivity contribution in [3.05, 3.63) is 71.7 Å². The van der Waals surface area contributed by atoms with Gasteiger partial charge in [-0.15, -0.1) is 0 Å². The van der Waals surface area contributed by atoms with Crippen LogP contribution in [0.2, 0.25) is 0 Å². The summed E-state index contributed by atoms with van der Waals surface area (Å²) in [6.07, 6.45) is 6.02. The van der Waals surface area contributed by atoms with E-state index in [0.717, 1.165) is 22.0 Å². The number of nitrogens with one attached hydrogen (secondary N) is 1. The number of hydrogen-bond acceptors (Lipinski definition) is 8. The van der Waals surface area contributed by atoms with E-state index in [1.54, 1.807) is 36.1 Å². The van der Waals surface area contributed by atoms with Gasteiger partial charge in [-0.2, -0.15) is 0 Å². The number of nitrogens with two attached hydrogens (primary N) is 1. The molecule has 3 heterocycles. The molecule has 0 radical (unpaired) electrons. The van der Waals surface area contributed by atoms with Crippen molar-refractivity contribution in [2.45, 2.75) is 13.5 Å². The number of benzene rings is 1. The number of fused-ring (bicyclic) bond motifs is 1. The minimum Gasteiger partial charge on any atom is -0.382 e. The van der Waals surface area contributed by atoms with Gasteiger partial charge in [-0.3, -0.25) is 9.59 Å². The van der Waals surface area contributed by atoms with Gasteiger partial charge in [0.2, 0.25) is 0 Å². The molecule has 0 aliphatic carbocycles. The summed E-state index contributed by atoms with van der Waals surface area (Å²) < 4.78 is 1.70. The Morgan fingerprint density at radius 2 is 1.92 bits per heavy atom. The van der Waals surface area contributed by atoms with Crippen molar-refractivity contribution in [1.29, 1.82) is 0 Å². The molecule has 4 aromatic rings. The van der Waals surface area contributed by atoms with Gasteiger partial charge in [0.05, 0.1) is 18.0 Å². The molecule has 0 atom stereocenters. The number of amides is 2. The fourth-order valence-corrected chi connectivity index (χ4v) is 3.89. The molecule has 1 aromatic carbocycles. The van der Waals surface area contributed by atoms with Gasteiger partial charge in [0, 0.05) is 64.1 Å². The molecule has 3 N–H and O–H groups in total. The van der Waals surface area contributed by atoms with Gasteiger partial charge in [-0.25, -0.2) is 19.9 Å². The molecular weight excluding hydrogens is 458 g/mol. The van der Waals surface area contributed by atoms with Gasteiger partial charge in [-0.05, 0) is 18.6 Å². The highest BCUT2D eigenvalue weighted by atomic mass is 16.2. The number of pyridine rings is 1. The van der Waals surface area contributed by atoms with E-state index in [4.69, 9.17) is 10.7 Å². The summed E-state index contributed by atoms with van der Waals surface area (Å²) in [7, 11) is 5.46. The number of anilines is 2. The third-order valence-corrected chi connectivity index (χ3v) is 6.00. The maximum absolute atomic E-state index is 12.8. The summed E-state index contributed by atoms with van der Waals surface area (Å²) in [5.41, 5.74) is 9.16. The van der Waals surface area contributed by atoms with Crippen LogP contribution in [0, 0.1) is 6.92 Å². The zero-order chi connectivity index (χ0) is 25.8. The summed E-state index contributed by atoms with van der Waals surface area (Å²) >= 11 is 0. The van der Waals surface area contributed by atoms with Crippen LogP contribution in [0.1, 0.15) is 32.1 Å². The third kappa shape index (κ3) is 5.09. The number of hydrogen-bond donors (Lipinski definition) is 2. The zero-order valence-electron chi connectivity index (χ0n) is 20.8. The molecular formula is C25H29N9O2. The Kier molecular flexibility index (Phi) is 7.09. The number of nitrogens with zero attached hydrogens (tertiary/aromatic N) is 7. The molecule has 0 unspecified atom stereocenters. The van der Waals surface area contributed by atoms with Crippen molar-refractivity contribution in [3.8, 4) is 0 Å². The Bertz CT molecular complexity index is 1420. The molecule has 3 aromatic heterocycles. The van der Waals surface area contributed by atoms with Gasteiger partial charge in [-0.1, -0.05) is 18.2 Å². The highest BCUT2D eigenvalue weighted by molar-refractivity contribution is 5.96. The van der Waals surface area contributed by atoms with E-state index >= 15 is 0 Å². The predicted molar refractivity (Wildman–Crippen MR) is 138 cm³/mol. The summed E-state index contributed by atoms with van der Waals surface area (Å²) in [6.45, 7) is 3.23. The molecule has 11 nitrogen and oxygen atoms in total. The Hall–Kier alpha value is -4.54. The fraction of sp³-hybridized carbons (Fsp3) is 0.280. The van der Waals surface area contributed by atoms with Crippen molar-refractivity contribution in [3.63, 3.8) is 0 Å². The number of carbonyl (C=O) groups excluding carboxylic acids is 2. The first-order chi connectivity index (χ1) is 17.3. The average Bonchev–Trinajstić information content (AvgIpc) is 3.30. The highest BCUT2D eigenvalue weighted by Crippen LogP contribution is 2.25. The molecule has 4 rings (SSSR count). The summed E-state index contributed by atoms with van der Waals surface area (Å²) in [4.78, 5) is 46.0. The molecule has 36 heavy (non-hydrogen) atoms. The largest absolute Gasteiger partial charge is 0.382 e. The predicted octanol–water partition coefficient (Wildman–Crippen LogP) is 1.79.